The number of carbonyl (C=O) groups excluding carboxylic acids is 1. The molecule has 1 spiro atoms. The average molecular weight is 867 g/mol. The van der Waals surface area contributed by atoms with Crippen molar-refractivity contribution in [3.05, 3.63) is 130 Å². The van der Waals surface area contributed by atoms with Gasteiger partial charge in [-0.15, -0.1) is 0 Å². The molecule has 1 saturated carbocycles. The second kappa shape index (κ2) is 17.3. The Bertz CT molecular complexity index is 2670. The fourth-order valence-electron chi connectivity index (χ4n) is 11.8. The summed E-state index contributed by atoms with van der Waals surface area (Å²) in [5.74, 6) is -0.815. The molecule has 334 valence electrons. The van der Waals surface area contributed by atoms with Crippen molar-refractivity contribution in [3.8, 4) is 34.5 Å². The fraction of sp³-hybridized carbons (Fsp3) is 0.365. The number of Topliss-reactive ketones (excluding diaryl/α,β-unsaturated/α-hetero) is 1. The van der Waals surface area contributed by atoms with Crippen molar-refractivity contribution in [1.82, 2.24) is 15.6 Å². The van der Waals surface area contributed by atoms with Crippen molar-refractivity contribution >= 4 is 28.3 Å². The number of phenolic OH excluding ortho intramolecular Hbond substituents is 4. The van der Waals surface area contributed by atoms with E-state index in [-0.39, 0.29) is 53.3 Å². The Hall–Kier alpha value is -6.37. The maximum Gasteiger partial charge on any atom is 0.200 e. The van der Waals surface area contributed by atoms with E-state index in [1.54, 1.807) is 30.3 Å². The number of hydrogen-bond acceptors (Lipinski definition) is 11. The summed E-state index contributed by atoms with van der Waals surface area (Å²) in [6.45, 7) is 0.986. The van der Waals surface area contributed by atoms with E-state index in [2.05, 4.69) is 51.3 Å². The van der Waals surface area contributed by atoms with Crippen molar-refractivity contribution < 1.29 is 39.8 Å². The topological polar surface area (TPSA) is 189 Å². The molecule has 12 nitrogen and oxygen atoms in total. The summed E-state index contributed by atoms with van der Waals surface area (Å²) in [6, 6.07) is 20.2. The van der Waals surface area contributed by atoms with Crippen LogP contribution in [0.25, 0.3) is 16.8 Å². The van der Waals surface area contributed by atoms with Gasteiger partial charge >= 0.3 is 0 Å². The molecule has 12 heteroatoms. The number of carbonyl (C=O) groups is 1. The highest BCUT2D eigenvalue weighted by atomic mass is 16.5. The minimum atomic E-state index is -1.07. The van der Waals surface area contributed by atoms with Crippen LogP contribution in [0.2, 0.25) is 0 Å². The van der Waals surface area contributed by atoms with Crippen LogP contribution in [0.1, 0.15) is 72.4 Å². The smallest absolute Gasteiger partial charge is 0.200 e. The normalized spacial score (nSPS) is 24.4. The minimum absolute atomic E-state index is 0.00776. The monoisotopic (exact) mass is 866 g/mol. The van der Waals surface area contributed by atoms with E-state index in [4.69, 9.17) is 9.47 Å². The van der Waals surface area contributed by atoms with Crippen LogP contribution in [0.4, 0.5) is 5.69 Å². The van der Waals surface area contributed by atoms with E-state index in [0.29, 0.717) is 50.1 Å². The Morgan fingerprint density at radius 1 is 0.969 bits per heavy atom. The molecule has 2 aliphatic carbocycles. The molecular weight excluding hydrogens is 809 g/mol. The third-order valence-electron chi connectivity index (χ3n) is 14.5. The highest BCUT2D eigenvalue weighted by Gasteiger charge is 2.56. The van der Waals surface area contributed by atoms with E-state index in [1.807, 2.05) is 37.5 Å². The zero-order chi connectivity index (χ0) is 44.8. The first kappa shape index (κ1) is 42.9. The molecule has 6 unspecified atom stereocenters. The third kappa shape index (κ3) is 7.62. The standard InChI is InChI=1S/C52H58N4O8/c1-53-29-51-17-14-32-22-38(57)21-31-10-11-39(48(51)47(31)32)56-46-27-36(15-19-55-46)52(16-4-6-35(52)26-37-7-5-18-54-37)49(41(59)13-9-30-8-12-40(58)44(20-30)63-2)42(60)24-34(28-51)33-23-43(61)50(62)45(25-33)64-3/h5,7-8,10-12,14-15,17-18,20-23,25,27,34-35,41,49,53-59,61-62H,4,6,9,13,16,19,24,26,28-29H2,1-3H3. The van der Waals surface area contributed by atoms with E-state index < -0.39 is 28.8 Å². The van der Waals surface area contributed by atoms with Gasteiger partial charge in [0.05, 0.1) is 26.2 Å². The SMILES string of the molecule is CNCC12C=Cc3cc(O)cc4ccc(c1c34)NC1=CC(=CCN1)C1(CCCC1Cc1ccc[nH]1)C(C(O)CCc1ccc(O)c(OC)c1)C(=O)CC(c1cc(O)c(O)c(OC)c1)C2. The Morgan fingerprint density at radius 2 is 1.81 bits per heavy atom. The van der Waals surface area contributed by atoms with Crippen LogP contribution < -0.4 is 25.4 Å². The number of dihydropyridines is 1. The average Bonchev–Trinajstić information content (AvgIpc) is 3.96. The second-order valence-electron chi connectivity index (χ2n) is 18.1. The quantitative estimate of drug-likeness (QED) is 0.0585. The Labute approximate surface area is 373 Å². The Balaban J connectivity index is 1.27. The van der Waals surface area contributed by atoms with E-state index in [0.717, 1.165) is 63.1 Å². The fourth-order valence-corrected chi connectivity index (χ4v) is 11.8. The van der Waals surface area contributed by atoms with Crippen LogP contribution >= 0.6 is 0 Å². The number of rotatable bonds is 11. The molecule has 4 aliphatic rings. The number of aliphatic hydroxyl groups is 1. The third-order valence-corrected chi connectivity index (χ3v) is 14.5. The highest BCUT2D eigenvalue weighted by molar-refractivity contribution is 6.01. The molecule has 9 N–H and O–H groups in total. The van der Waals surface area contributed by atoms with Crippen LogP contribution in [0.15, 0.2) is 103 Å². The number of nitrogens with one attached hydrogen (secondary N) is 4. The number of hydrogen-bond donors (Lipinski definition) is 9. The molecule has 64 heavy (non-hydrogen) atoms. The minimum Gasteiger partial charge on any atom is -0.508 e. The number of fused-ring (bicyclic) bond motifs is 2. The molecule has 3 heterocycles. The van der Waals surface area contributed by atoms with Crippen molar-refractivity contribution in [2.24, 2.45) is 17.3 Å². The lowest BCUT2D eigenvalue weighted by atomic mass is 9.57. The molecule has 4 aromatic carbocycles. The number of likely N-dealkylation sites (N-methyl/N-ethyl adjacent to an activating group) is 1. The van der Waals surface area contributed by atoms with Crippen molar-refractivity contribution in [2.75, 3.05) is 39.7 Å². The summed E-state index contributed by atoms with van der Waals surface area (Å²) in [5, 5.41) is 69.0. The van der Waals surface area contributed by atoms with Gasteiger partial charge < -0.3 is 55.9 Å². The lowest BCUT2D eigenvalue weighted by Crippen LogP contribution is -2.48. The summed E-state index contributed by atoms with van der Waals surface area (Å²) in [6.07, 6.45) is 13.6. The molecule has 1 aromatic heterocycles. The van der Waals surface area contributed by atoms with Crippen molar-refractivity contribution in [2.45, 2.75) is 68.8 Å². The number of methoxy groups -OCH3 is 2. The molecule has 6 atom stereocenters. The molecule has 0 radical (unpaired) electrons. The number of aromatic hydroxyl groups is 4. The number of ether oxygens (including phenoxy) is 2. The first-order valence-corrected chi connectivity index (χ1v) is 22.3. The molecule has 1 fully saturated rings. The first-order valence-electron chi connectivity index (χ1n) is 22.3. The molecule has 2 bridgehead atoms. The van der Waals surface area contributed by atoms with Crippen molar-refractivity contribution in [1.29, 1.82) is 0 Å². The Morgan fingerprint density at radius 3 is 2.59 bits per heavy atom. The largest absolute Gasteiger partial charge is 0.508 e. The number of benzene rings is 4. The van der Waals surface area contributed by atoms with Gasteiger partial charge in [-0.25, -0.2) is 0 Å². The first-order chi connectivity index (χ1) is 31.0. The van der Waals surface area contributed by atoms with Gasteiger partial charge in [0.25, 0.3) is 0 Å². The van der Waals surface area contributed by atoms with Gasteiger partial charge in [0.15, 0.2) is 23.0 Å². The van der Waals surface area contributed by atoms with E-state index >= 15 is 4.79 Å². The van der Waals surface area contributed by atoms with Gasteiger partial charge in [0.2, 0.25) is 5.75 Å². The lowest BCUT2D eigenvalue weighted by Gasteiger charge is -2.46. The zero-order valence-corrected chi connectivity index (χ0v) is 36.6. The van der Waals surface area contributed by atoms with Gasteiger partial charge in [0, 0.05) is 47.9 Å². The van der Waals surface area contributed by atoms with Crippen LogP contribution in [0.5, 0.6) is 34.5 Å². The number of anilines is 1. The lowest BCUT2D eigenvalue weighted by molar-refractivity contribution is -0.134. The molecule has 0 saturated heterocycles. The molecular formula is C52H58N4O8. The van der Waals surface area contributed by atoms with Gasteiger partial charge in [-0.3, -0.25) is 4.79 Å². The van der Waals surface area contributed by atoms with Crippen molar-refractivity contribution in [3.63, 3.8) is 0 Å². The highest BCUT2D eigenvalue weighted by Crippen LogP contribution is 2.59. The van der Waals surface area contributed by atoms with Crippen LogP contribution in [0.3, 0.4) is 0 Å². The maximum atomic E-state index is 16.1. The summed E-state index contributed by atoms with van der Waals surface area (Å²) in [5.41, 5.74) is 4.78. The molecule has 9 rings (SSSR count). The van der Waals surface area contributed by atoms with E-state index in [9.17, 15) is 25.5 Å². The number of aliphatic hydroxyl groups excluding tert-OH is 1. The summed E-state index contributed by atoms with van der Waals surface area (Å²) in [4.78, 5) is 19.6. The summed E-state index contributed by atoms with van der Waals surface area (Å²) < 4.78 is 11.0. The maximum absolute atomic E-state index is 16.1. The number of ketones is 1. The summed E-state index contributed by atoms with van der Waals surface area (Å²) in [7, 11) is 4.85. The number of aromatic nitrogens is 1. The van der Waals surface area contributed by atoms with Gasteiger partial charge in [-0.05, 0) is 157 Å². The number of aromatic amines is 1. The molecule has 0 amide bonds. The Kier molecular flexibility index (Phi) is 11.6. The second-order valence-corrected chi connectivity index (χ2v) is 18.1. The van der Waals surface area contributed by atoms with Gasteiger partial charge in [-0.1, -0.05) is 36.8 Å². The number of H-pyrrole nitrogens is 1. The molecule has 2 aliphatic heterocycles. The number of aryl methyl sites for hydroxylation is 1. The summed E-state index contributed by atoms with van der Waals surface area (Å²) >= 11 is 0. The predicted octanol–water partition coefficient (Wildman–Crippen LogP) is 8.06. The molecule has 5 aromatic rings. The van der Waals surface area contributed by atoms with Crippen LogP contribution in [-0.4, -0.2) is 76.8 Å². The van der Waals surface area contributed by atoms with Gasteiger partial charge in [-0.2, -0.15) is 0 Å². The van der Waals surface area contributed by atoms with Gasteiger partial charge in [0.1, 0.15) is 17.4 Å². The number of phenols is 4. The number of allylic oxidation sites excluding steroid dienone is 2. The van der Waals surface area contributed by atoms with Crippen LogP contribution in [-0.2, 0) is 23.1 Å². The zero-order valence-electron chi connectivity index (χ0n) is 36.6. The van der Waals surface area contributed by atoms with E-state index in [1.165, 1.54) is 20.3 Å². The predicted molar refractivity (Wildman–Crippen MR) is 248 cm³/mol. The van der Waals surface area contributed by atoms with Crippen LogP contribution in [0, 0.1) is 17.3 Å².